The first-order valence-corrected chi connectivity index (χ1v) is 3.06. The lowest BCUT2D eigenvalue weighted by molar-refractivity contribution is 0.100. The summed E-state index contributed by atoms with van der Waals surface area (Å²) in [6.45, 7) is 0. The third kappa shape index (κ3) is 1.70. The van der Waals surface area contributed by atoms with Crippen molar-refractivity contribution < 1.29 is 9.53 Å². The van der Waals surface area contributed by atoms with Gasteiger partial charge in [0.15, 0.2) is 0 Å². The molecule has 0 aliphatic carbocycles. The van der Waals surface area contributed by atoms with Crippen molar-refractivity contribution in [3.8, 4) is 5.75 Å². The van der Waals surface area contributed by atoms with Gasteiger partial charge >= 0.3 is 0 Å². The van der Waals surface area contributed by atoms with Crippen molar-refractivity contribution in [1.82, 2.24) is 0 Å². The van der Waals surface area contributed by atoms with Gasteiger partial charge in [-0.3, -0.25) is 4.79 Å². The molecule has 0 saturated carbocycles. The molecule has 0 aliphatic rings. The first-order chi connectivity index (χ1) is 5.24. The van der Waals surface area contributed by atoms with Gasteiger partial charge in [0.2, 0.25) is 5.91 Å². The summed E-state index contributed by atoms with van der Waals surface area (Å²) in [5.74, 6) is 0.163. The standard InChI is InChI=1S/C8H8NO2/c1-11-7-4-2-6(3-5-7)8(9)10/h2-5H,1H2,(H2,9,10). The van der Waals surface area contributed by atoms with Crippen LogP contribution in [0.15, 0.2) is 24.3 Å². The second kappa shape index (κ2) is 3.05. The van der Waals surface area contributed by atoms with Gasteiger partial charge in [0.05, 0.1) is 0 Å². The molecule has 1 rings (SSSR count). The minimum Gasteiger partial charge on any atom is -0.490 e. The van der Waals surface area contributed by atoms with Crippen molar-refractivity contribution in [2.45, 2.75) is 0 Å². The molecule has 1 aromatic rings. The molecule has 0 bridgehead atoms. The van der Waals surface area contributed by atoms with Crippen LogP contribution < -0.4 is 10.5 Å². The van der Waals surface area contributed by atoms with Crippen LogP contribution in [-0.4, -0.2) is 5.91 Å². The molecule has 0 aliphatic heterocycles. The average Bonchev–Trinajstić information content (AvgIpc) is 2.05. The highest BCUT2D eigenvalue weighted by atomic mass is 16.5. The summed E-state index contributed by atoms with van der Waals surface area (Å²) < 4.78 is 4.65. The number of carbonyl (C=O) groups is 1. The van der Waals surface area contributed by atoms with Crippen LogP contribution in [0.1, 0.15) is 10.4 Å². The Morgan fingerprint density at radius 3 is 2.27 bits per heavy atom. The number of hydrogen-bond acceptors (Lipinski definition) is 2. The van der Waals surface area contributed by atoms with E-state index in [0.717, 1.165) is 0 Å². The van der Waals surface area contributed by atoms with Crippen LogP contribution in [0, 0.1) is 7.11 Å². The molecule has 11 heavy (non-hydrogen) atoms. The largest absolute Gasteiger partial charge is 0.490 e. The molecule has 0 fully saturated rings. The quantitative estimate of drug-likeness (QED) is 0.682. The van der Waals surface area contributed by atoms with E-state index in [1.807, 2.05) is 0 Å². The first-order valence-electron chi connectivity index (χ1n) is 3.06. The van der Waals surface area contributed by atoms with Gasteiger partial charge in [-0.2, -0.15) is 0 Å². The van der Waals surface area contributed by atoms with Gasteiger partial charge in [-0.25, -0.2) is 0 Å². The lowest BCUT2D eigenvalue weighted by Crippen LogP contribution is -2.10. The van der Waals surface area contributed by atoms with E-state index in [1.54, 1.807) is 24.3 Å². The van der Waals surface area contributed by atoms with Gasteiger partial charge in [-0.15, -0.1) is 0 Å². The lowest BCUT2D eigenvalue weighted by Gasteiger charge is -1.98. The van der Waals surface area contributed by atoms with Gasteiger partial charge in [-0.1, -0.05) is 0 Å². The third-order valence-corrected chi connectivity index (χ3v) is 1.31. The summed E-state index contributed by atoms with van der Waals surface area (Å²) >= 11 is 0. The van der Waals surface area contributed by atoms with Gasteiger partial charge in [0.1, 0.15) is 12.9 Å². The number of hydrogen-bond donors (Lipinski definition) is 1. The highest BCUT2D eigenvalue weighted by Crippen LogP contribution is 2.10. The van der Waals surface area contributed by atoms with Crippen LogP contribution in [-0.2, 0) is 0 Å². The molecule has 0 saturated heterocycles. The normalized spacial score (nSPS) is 9.18. The Bertz CT molecular complexity index is 253. The van der Waals surface area contributed by atoms with Crippen molar-refractivity contribution >= 4 is 5.91 Å². The Morgan fingerprint density at radius 2 is 1.91 bits per heavy atom. The van der Waals surface area contributed by atoms with Crippen molar-refractivity contribution in [2.75, 3.05) is 0 Å². The van der Waals surface area contributed by atoms with Crippen molar-refractivity contribution in [3.63, 3.8) is 0 Å². The topological polar surface area (TPSA) is 52.3 Å². The molecule has 0 aromatic heterocycles. The molecule has 1 radical (unpaired) electrons. The van der Waals surface area contributed by atoms with E-state index in [2.05, 4.69) is 11.8 Å². The van der Waals surface area contributed by atoms with Crippen LogP contribution in [0.3, 0.4) is 0 Å². The predicted octanol–water partition coefficient (Wildman–Crippen LogP) is 0.956. The Hall–Kier alpha value is -1.51. The minimum atomic E-state index is -0.444. The van der Waals surface area contributed by atoms with Crippen molar-refractivity contribution in [3.05, 3.63) is 36.9 Å². The molecular weight excluding hydrogens is 142 g/mol. The van der Waals surface area contributed by atoms with Crippen LogP contribution in [0.25, 0.3) is 0 Å². The van der Waals surface area contributed by atoms with Crippen LogP contribution in [0.4, 0.5) is 0 Å². The molecule has 1 amide bonds. The van der Waals surface area contributed by atoms with E-state index in [1.165, 1.54) is 0 Å². The van der Waals surface area contributed by atoms with E-state index >= 15 is 0 Å². The molecule has 0 spiro atoms. The maximum atomic E-state index is 10.6. The molecule has 1 aromatic carbocycles. The molecule has 0 heterocycles. The molecule has 0 unspecified atom stereocenters. The fourth-order valence-electron chi connectivity index (χ4n) is 0.715. The van der Waals surface area contributed by atoms with Gasteiger partial charge in [0, 0.05) is 5.56 Å². The zero-order valence-electron chi connectivity index (χ0n) is 5.91. The van der Waals surface area contributed by atoms with Crippen LogP contribution in [0.2, 0.25) is 0 Å². The molecular formula is C8H8NO2. The summed E-state index contributed by atoms with van der Waals surface area (Å²) in [5.41, 5.74) is 5.47. The highest BCUT2D eigenvalue weighted by molar-refractivity contribution is 5.92. The molecule has 3 heteroatoms. The zero-order valence-corrected chi connectivity index (χ0v) is 5.91. The molecule has 3 nitrogen and oxygen atoms in total. The average molecular weight is 150 g/mol. The first kappa shape index (κ1) is 7.60. The fourth-order valence-corrected chi connectivity index (χ4v) is 0.715. The predicted molar refractivity (Wildman–Crippen MR) is 40.9 cm³/mol. The number of ether oxygens (including phenoxy) is 1. The smallest absolute Gasteiger partial charge is 0.248 e. The fraction of sp³-hybridized carbons (Fsp3) is 0. The zero-order chi connectivity index (χ0) is 8.27. The van der Waals surface area contributed by atoms with Gasteiger partial charge in [0.25, 0.3) is 0 Å². The van der Waals surface area contributed by atoms with Gasteiger partial charge in [-0.05, 0) is 24.3 Å². The van der Waals surface area contributed by atoms with E-state index < -0.39 is 5.91 Å². The number of primary amides is 1. The van der Waals surface area contributed by atoms with E-state index in [-0.39, 0.29) is 0 Å². The lowest BCUT2D eigenvalue weighted by atomic mass is 10.2. The van der Waals surface area contributed by atoms with E-state index in [4.69, 9.17) is 5.73 Å². The Balaban J connectivity index is 2.91. The number of carbonyl (C=O) groups excluding carboxylic acids is 1. The number of benzene rings is 1. The second-order valence-corrected chi connectivity index (χ2v) is 2.03. The summed E-state index contributed by atoms with van der Waals surface area (Å²) in [4.78, 5) is 10.6. The minimum absolute atomic E-state index is 0.444. The highest BCUT2D eigenvalue weighted by Gasteiger charge is 1.98. The van der Waals surface area contributed by atoms with E-state index in [0.29, 0.717) is 11.3 Å². The Kier molecular flexibility index (Phi) is 2.11. The monoisotopic (exact) mass is 150 g/mol. The molecule has 57 valence electrons. The Morgan fingerprint density at radius 1 is 1.36 bits per heavy atom. The number of nitrogens with two attached hydrogens (primary N) is 1. The van der Waals surface area contributed by atoms with E-state index in [9.17, 15) is 4.79 Å². The summed E-state index contributed by atoms with van der Waals surface area (Å²) in [6.07, 6.45) is 0. The number of rotatable bonds is 2. The third-order valence-electron chi connectivity index (χ3n) is 1.31. The summed E-state index contributed by atoms with van der Waals surface area (Å²) in [5, 5.41) is 0. The van der Waals surface area contributed by atoms with Crippen molar-refractivity contribution in [2.24, 2.45) is 5.73 Å². The molecule has 2 N–H and O–H groups in total. The maximum Gasteiger partial charge on any atom is 0.248 e. The van der Waals surface area contributed by atoms with Crippen LogP contribution >= 0.6 is 0 Å². The van der Waals surface area contributed by atoms with Gasteiger partial charge < -0.3 is 10.5 Å². The Labute approximate surface area is 64.8 Å². The maximum absolute atomic E-state index is 10.6. The second-order valence-electron chi connectivity index (χ2n) is 2.03. The van der Waals surface area contributed by atoms with Crippen LogP contribution in [0.5, 0.6) is 5.75 Å². The summed E-state index contributed by atoms with van der Waals surface area (Å²) in [6, 6.07) is 6.44. The molecule has 0 atom stereocenters. The van der Waals surface area contributed by atoms with Crippen molar-refractivity contribution in [1.29, 1.82) is 0 Å². The number of amides is 1. The summed E-state index contributed by atoms with van der Waals surface area (Å²) in [7, 11) is 3.21. The SMILES string of the molecule is [CH2]Oc1ccc(C(N)=O)cc1.